The first-order valence-electron chi connectivity index (χ1n) is 9.62. The van der Waals surface area contributed by atoms with E-state index in [1.165, 1.54) is 24.5 Å². The van der Waals surface area contributed by atoms with Crippen molar-refractivity contribution < 1.29 is 14.0 Å². The van der Waals surface area contributed by atoms with E-state index >= 15 is 0 Å². The van der Waals surface area contributed by atoms with E-state index in [2.05, 4.69) is 20.4 Å². The predicted molar refractivity (Wildman–Crippen MR) is 112 cm³/mol. The number of amides is 2. The fraction of sp³-hybridized carbons (Fsp3) is 0.136. The van der Waals surface area contributed by atoms with Gasteiger partial charge in [-0.1, -0.05) is 6.92 Å². The number of fused-ring (bicyclic) bond motifs is 1. The molecule has 1 aromatic carbocycles. The topological polar surface area (TPSA) is 116 Å². The maximum atomic E-state index is 13.3. The van der Waals surface area contributed by atoms with Crippen LogP contribution in [0.4, 0.5) is 4.39 Å². The Morgan fingerprint density at radius 2 is 1.94 bits per heavy atom. The molecule has 0 saturated carbocycles. The van der Waals surface area contributed by atoms with Gasteiger partial charge in [0.25, 0.3) is 11.8 Å². The molecule has 0 saturated heterocycles. The normalized spacial score (nSPS) is 11.9. The van der Waals surface area contributed by atoms with Crippen LogP contribution in [0.25, 0.3) is 16.6 Å². The summed E-state index contributed by atoms with van der Waals surface area (Å²) in [5.74, 6) is -1.31. The average molecular weight is 418 g/mol. The summed E-state index contributed by atoms with van der Waals surface area (Å²) in [4.78, 5) is 32.6. The lowest BCUT2D eigenvalue weighted by Gasteiger charge is -2.18. The molecule has 0 spiro atoms. The van der Waals surface area contributed by atoms with Crippen molar-refractivity contribution in [2.75, 3.05) is 0 Å². The fourth-order valence-electron chi connectivity index (χ4n) is 3.37. The molecule has 0 radical (unpaired) electrons. The molecule has 8 nitrogen and oxygen atoms in total. The maximum Gasteiger partial charge on any atom is 0.267 e. The Morgan fingerprint density at radius 3 is 2.65 bits per heavy atom. The SMILES string of the molecule is CCC(NC(=O)c1cncc2c1cnn2-c1ccc(F)cc1)c1ccnc(C(N)=O)c1. The second-order valence-corrected chi connectivity index (χ2v) is 6.93. The third kappa shape index (κ3) is 3.97. The van der Waals surface area contributed by atoms with Crippen molar-refractivity contribution in [1.82, 2.24) is 25.1 Å². The fourth-order valence-corrected chi connectivity index (χ4v) is 3.37. The summed E-state index contributed by atoms with van der Waals surface area (Å²) in [6.45, 7) is 1.92. The van der Waals surface area contributed by atoms with Crippen molar-refractivity contribution >= 4 is 22.7 Å². The second kappa shape index (κ2) is 8.31. The lowest BCUT2D eigenvalue weighted by Crippen LogP contribution is -2.28. The van der Waals surface area contributed by atoms with Crippen LogP contribution in [0, 0.1) is 5.82 Å². The summed E-state index contributed by atoms with van der Waals surface area (Å²) < 4.78 is 14.8. The number of carbonyl (C=O) groups is 2. The van der Waals surface area contributed by atoms with Gasteiger partial charge in [-0.25, -0.2) is 9.07 Å². The standard InChI is InChI=1S/C22H19FN6O2/c1-2-18(13-7-8-26-19(9-13)21(24)30)28-22(31)17-10-25-12-20-16(17)11-27-29(20)15-5-3-14(23)4-6-15/h3-12,18H,2H2,1H3,(H2,24,30)(H,28,31). The molecule has 1 atom stereocenters. The highest BCUT2D eigenvalue weighted by atomic mass is 19.1. The number of nitrogens with two attached hydrogens (primary N) is 1. The van der Waals surface area contributed by atoms with Gasteiger partial charge in [-0.05, 0) is 48.4 Å². The van der Waals surface area contributed by atoms with Gasteiger partial charge >= 0.3 is 0 Å². The number of hydrogen-bond acceptors (Lipinski definition) is 5. The minimum Gasteiger partial charge on any atom is -0.364 e. The third-order valence-electron chi connectivity index (χ3n) is 4.97. The van der Waals surface area contributed by atoms with E-state index in [0.717, 1.165) is 5.56 Å². The summed E-state index contributed by atoms with van der Waals surface area (Å²) in [6, 6.07) is 8.83. The van der Waals surface area contributed by atoms with Gasteiger partial charge in [0.1, 0.15) is 11.5 Å². The van der Waals surface area contributed by atoms with Crippen LogP contribution in [0.15, 0.2) is 61.2 Å². The van der Waals surface area contributed by atoms with Crippen molar-refractivity contribution in [2.24, 2.45) is 5.73 Å². The van der Waals surface area contributed by atoms with E-state index < -0.39 is 5.91 Å². The highest BCUT2D eigenvalue weighted by molar-refractivity contribution is 6.06. The Labute approximate surface area is 176 Å². The average Bonchev–Trinajstić information content (AvgIpc) is 3.22. The molecule has 156 valence electrons. The Morgan fingerprint density at radius 1 is 1.16 bits per heavy atom. The van der Waals surface area contributed by atoms with Gasteiger partial charge in [0, 0.05) is 17.8 Å². The number of nitrogens with one attached hydrogen (secondary N) is 1. The molecule has 9 heteroatoms. The zero-order chi connectivity index (χ0) is 22.0. The van der Waals surface area contributed by atoms with Gasteiger partial charge in [-0.3, -0.25) is 19.6 Å². The maximum absolute atomic E-state index is 13.3. The first-order chi connectivity index (χ1) is 15.0. The molecule has 31 heavy (non-hydrogen) atoms. The lowest BCUT2D eigenvalue weighted by atomic mass is 10.0. The van der Waals surface area contributed by atoms with Gasteiger partial charge in [0.2, 0.25) is 0 Å². The monoisotopic (exact) mass is 418 g/mol. The summed E-state index contributed by atoms with van der Waals surface area (Å²) in [6.07, 6.45) is 6.73. The van der Waals surface area contributed by atoms with E-state index in [4.69, 9.17) is 5.73 Å². The molecule has 2 amide bonds. The number of benzene rings is 1. The van der Waals surface area contributed by atoms with Crippen LogP contribution in [0.3, 0.4) is 0 Å². The van der Waals surface area contributed by atoms with Crippen LogP contribution < -0.4 is 11.1 Å². The highest BCUT2D eigenvalue weighted by Gasteiger charge is 2.19. The molecule has 0 fully saturated rings. The summed E-state index contributed by atoms with van der Waals surface area (Å²) >= 11 is 0. The molecule has 0 aliphatic rings. The molecule has 0 aliphatic carbocycles. The van der Waals surface area contributed by atoms with Crippen LogP contribution in [-0.4, -0.2) is 31.6 Å². The Kier molecular flexibility index (Phi) is 5.40. The van der Waals surface area contributed by atoms with Gasteiger partial charge in [0.15, 0.2) is 0 Å². The Bertz CT molecular complexity index is 1270. The van der Waals surface area contributed by atoms with Crippen molar-refractivity contribution in [3.8, 4) is 5.69 Å². The minimum absolute atomic E-state index is 0.134. The Hall–Kier alpha value is -4.14. The highest BCUT2D eigenvalue weighted by Crippen LogP contribution is 2.23. The number of aromatic nitrogens is 4. The Balaban J connectivity index is 1.65. The molecule has 3 N–H and O–H groups in total. The van der Waals surface area contributed by atoms with Crippen molar-refractivity contribution in [2.45, 2.75) is 19.4 Å². The number of primary amides is 1. The van der Waals surface area contributed by atoms with Crippen LogP contribution >= 0.6 is 0 Å². The lowest BCUT2D eigenvalue weighted by molar-refractivity contribution is 0.0936. The largest absolute Gasteiger partial charge is 0.364 e. The number of pyridine rings is 2. The van der Waals surface area contributed by atoms with Crippen LogP contribution in [0.1, 0.15) is 45.8 Å². The molecule has 4 rings (SSSR count). The predicted octanol–water partition coefficient (Wildman–Crippen LogP) is 2.93. The minimum atomic E-state index is -0.634. The van der Waals surface area contributed by atoms with Crippen molar-refractivity contribution in [1.29, 1.82) is 0 Å². The number of rotatable bonds is 6. The number of carbonyl (C=O) groups excluding carboxylic acids is 2. The molecule has 3 aromatic heterocycles. The van der Waals surface area contributed by atoms with Crippen molar-refractivity contribution in [3.05, 3.63) is 83.8 Å². The molecule has 3 heterocycles. The smallest absolute Gasteiger partial charge is 0.267 e. The summed E-state index contributed by atoms with van der Waals surface area (Å²) in [7, 11) is 0. The second-order valence-electron chi connectivity index (χ2n) is 6.93. The number of halogens is 1. The molecular formula is C22H19FN6O2. The quantitative estimate of drug-likeness (QED) is 0.499. The summed E-state index contributed by atoms with van der Waals surface area (Å²) in [5.41, 5.74) is 7.79. The first kappa shape index (κ1) is 20.1. The molecule has 1 unspecified atom stereocenters. The van der Waals surface area contributed by atoms with Crippen LogP contribution in [0.5, 0.6) is 0 Å². The first-order valence-corrected chi connectivity index (χ1v) is 9.62. The van der Waals surface area contributed by atoms with E-state index in [9.17, 15) is 14.0 Å². The number of hydrogen-bond donors (Lipinski definition) is 2. The zero-order valence-corrected chi connectivity index (χ0v) is 16.6. The van der Waals surface area contributed by atoms with Crippen LogP contribution in [-0.2, 0) is 0 Å². The van der Waals surface area contributed by atoms with E-state index in [1.54, 1.807) is 41.3 Å². The van der Waals surface area contributed by atoms with Gasteiger partial charge in [0.05, 0.1) is 35.2 Å². The van der Waals surface area contributed by atoms with Gasteiger partial charge < -0.3 is 11.1 Å². The molecule has 0 bridgehead atoms. The van der Waals surface area contributed by atoms with E-state index in [1.807, 2.05) is 6.92 Å². The molecule has 0 aliphatic heterocycles. The summed E-state index contributed by atoms with van der Waals surface area (Å²) in [5, 5.41) is 7.92. The molecule has 4 aromatic rings. The zero-order valence-electron chi connectivity index (χ0n) is 16.6. The molecular weight excluding hydrogens is 399 g/mol. The van der Waals surface area contributed by atoms with E-state index in [0.29, 0.717) is 28.6 Å². The third-order valence-corrected chi connectivity index (χ3v) is 4.97. The van der Waals surface area contributed by atoms with Gasteiger partial charge in [-0.15, -0.1) is 0 Å². The van der Waals surface area contributed by atoms with Gasteiger partial charge in [-0.2, -0.15) is 5.10 Å². The van der Waals surface area contributed by atoms with Crippen molar-refractivity contribution in [3.63, 3.8) is 0 Å². The van der Waals surface area contributed by atoms with E-state index in [-0.39, 0.29) is 23.5 Å². The number of nitrogens with zero attached hydrogens (tertiary/aromatic N) is 4. The van der Waals surface area contributed by atoms with Crippen LogP contribution in [0.2, 0.25) is 0 Å².